The summed E-state index contributed by atoms with van der Waals surface area (Å²) in [6.07, 6.45) is 6.70. The van der Waals surface area contributed by atoms with E-state index in [9.17, 15) is 0 Å². The predicted molar refractivity (Wildman–Crippen MR) is 77.3 cm³/mol. The molecule has 1 aromatic heterocycles. The van der Waals surface area contributed by atoms with Crippen LogP contribution in [0.25, 0.3) is 5.69 Å². The van der Waals surface area contributed by atoms with E-state index >= 15 is 0 Å². The second-order valence-electron chi connectivity index (χ2n) is 5.45. The molecule has 0 spiro atoms. The molecule has 3 nitrogen and oxygen atoms in total. The highest BCUT2D eigenvalue weighted by Gasteiger charge is 2.36. The minimum atomic E-state index is 0.374. The Bertz CT molecular complexity index is 532. The summed E-state index contributed by atoms with van der Waals surface area (Å²) in [5, 5.41) is 8.13. The van der Waals surface area contributed by atoms with Crippen LogP contribution in [0.1, 0.15) is 38.3 Å². The van der Waals surface area contributed by atoms with Gasteiger partial charge < -0.3 is 5.32 Å². The zero-order chi connectivity index (χ0) is 13.2. The summed E-state index contributed by atoms with van der Waals surface area (Å²) in [7, 11) is 0. The first-order valence-corrected chi connectivity index (χ1v) is 7.14. The van der Waals surface area contributed by atoms with Crippen molar-refractivity contribution < 1.29 is 0 Å². The molecule has 3 heteroatoms. The Balaban J connectivity index is 1.68. The zero-order valence-electron chi connectivity index (χ0n) is 11.6. The zero-order valence-corrected chi connectivity index (χ0v) is 11.6. The molecular formula is C16H21N3. The van der Waals surface area contributed by atoms with E-state index in [-0.39, 0.29) is 0 Å². The summed E-state index contributed by atoms with van der Waals surface area (Å²) in [4.78, 5) is 0. The lowest BCUT2D eigenvalue weighted by Gasteiger charge is -2.11. The summed E-state index contributed by atoms with van der Waals surface area (Å²) in [5.41, 5.74) is 2.37. The SMILES string of the molecule is CCC1CC1NC(C)c1cnn(-c2ccccc2)c1. The topological polar surface area (TPSA) is 29.9 Å². The van der Waals surface area contributed by atoms with Gasteiger partial charge in [0.25, 0.3) is 0 Å². The molecule has 1 heterocycles. The van der Waals surface area contributed by atoms with Gasteiger partial charge in [0.15, 0.2) is 0 Å². The summed E-state index contributed by atoms with van der Waals surface area (Å²) >= 11 is 0. The number of hydrogen-bond acceptors (Lipinski definition) is 2. The average Bonchev–Trinajstić information content (AvgIpc) is 3.01. The summed E-state index contributed by atoms with van der Waals surface area (Å²) in [6, 6.07) is 11.3. The molecule has 0 amide bonds. The van der Waals surface area contributed by atoms with Gasteiger partial charge in [0.2, 0.25) is 0 Å². The maximum Gasteiger partial charge on any atom is 0.0645 e. The largest absolute Gasteiger partial charge is 0.307 e. The van der Waals surface area contributed by atoms with Crippen LogP contribution in [0.5, 0.6) is 0 Å². The fourth-order valence-electron chi connectivity index (χ4n) is 2.60. The highest BCUT2D eigenvalue weighted by Crippen LogP contribution is 2.35. The third-order valence-electron chi connectivity index (χ3n) is 4.03. The molecule has 0 saturated heterocycles. The Labute approximate surface area is 114 Å². The molecule has 3 unspecified atom stereocenters. The fourth-order valence-corrected chi connectivity index (χ4v) is 2.60. The third-order valence-corrected chi connectivity index (χ3v) is 4.03. The van der Waals surface area contributed by atoms with Gasteiger partial charge in [-0.2, -0.15) is 5.10 Å². The second-order valence-corrected chi connectivity index (χ2v) is 5.45. The quantitative estimate of drug-likeness (QED) is 0.888. The minimum absolute atomic E-state index is 0.374. The Morgan fingerprint density at radius 2 is 2.16 bits per heavy atom. The first-order chi connectivity index (χ1) is 9.28. The molecule has 0 aliphatic heterocycles. The summed E-state index contributed by atoms with van der Waals surface area (Å²) in [5.74, 6) is 0.881. The van der Waals surface area contributed by atoms with Crippen LogP contribution in [0, 0.1) is 5.92 Å². The number of hydrogen-bond donors (Lipinski definition) is 1. The summed E-state index contributed by atoms with van der Waals surface area (Å²) in [6.45, 7) is 4.49. The average molecular weight is 255 g/mol. The molecule has 3 atom stereocenters. The Morgan fingerprint density at radius 3 is 2.84 bits per heavy atom. The molecule has 0 radical (unpaired) electrons. The molecule has 1 aromatic carbocycles. The van der Waals surface area contributed by atoms with Crippen LogP contribution in [0.3, 0.4) is 0 Å². The lowest BCUT2D eigenvalue weighted by Crippen LogP contribution is -2.22. The molecule has 2 aromatic rings. The van der Waals surface area contributed by atoms with Crippen molar-refractivity contribution in [2.24, 2.45) is 5.92 Å². The summed E-state index contributed by atoms with van der Waals surface area (Å²) < 4.78 is 1.94. The van der Waals surface area contributed by atoms with Crippen LogP contribution >= 0.6 is 0 Å². The van der Waals surface area contributed by atoms with Gasteiger partial charge in [0.05, 0.1) is 11.9 Å². The van der Waals surface area contributed by atoms with Gasteiger partial charge >= 0.3 is 0 Å². The van der Waals surface area contributed by atoms with Gasteiger partial charge in [-0.15, -0.1) is 0 Å². The van der Waals surface area contributed by atoms with Crippen molar-refractivity contribution in [3.05, 3.63) is 48.3 Å². The highest BCUT2D eigenvalue weighted by molar-refractivity contribution is 5.31. The molecule has 1 fully saturated rings. The lowest BCUT2D eigenvalue weighted by atomic mass is 10.2. The molecule has 100 valence electrons. The van der Waals surface area contributed by atoms with Crippen LogP contribution in [0.2, 0.25) is 0 Å². The van der Waals surface area contributed by atoms with Gasteiger partial charge in [-0.3, -0.25) is 0 Å². The maximum atomic E-state index is 4.45. The van der Waals surface area contributed by atoms with Gasteiger partial charge in [0.1, 0.15) is 0 Å². The van der Waals surface area contributed by atoms with E-state index in [1.807, 2.05) is 29.1 Å². The molecule has 3 rings (SSSR count). The van der Waals surface area contributed by atoms with Crippen LogP contribution in [0.4, 0.5) is 0 Å². The molecule has 1 saturated carbocycles. The predicted octanol–water partition coefficient (Wildman–Crippen LogP) is 3.32. The van der Waals surface area contributed by atoms with E-state index in [1.54, 1.807) is 0 Å². The number of aromatic nitrogens is 2. The monoisotopic (exact) mass is 255 g/mol. The van der Waals surface area contributed by atoms with Crippen molar-refractivity contribution in [2.75, 3.05) is 0 Å². The van der Waals surface area contributed by atoms with Crippen molar-refractivity contribution in [1.82, 2.24) is 15.1 Å². The van der Waals surface area contributed by atoms with Gasteiger partial charge in [-0.05, 0) is 31.4 Å². The van der Waals surface area contributed by atoms with E-state index in [0.717, 1.165) is 11.6 Å². The van der Waals surface area contributed by atoms with Crippen molar-refractivity contribution in [3.63, 3.8) is 0 Å². The Hall–Kier alpha value is -1.61. The lowest BCUT2D eigenvalue weighted by molar-refractivity contribution is 0.539. The van der Waals surface area contributed by atoms with E-state index in [2.05, 4.69) is 42.6 Å². The van der Waals surface area contributed by atoms with Gasteiger partial charge in [-0.25, -0.2) is 4.68 Å². The number of benzene rings is 1. The third kappa shape index (κ3) is 2.71. The number of nitrogens with zero attached hydrogens (tertiary/aromatic N) is 2. The minimum Gasteiger partial charge on any atom is -0.307 e. The van der Waals surface area contributed by atoms with Gasteiger partial charge in [0, 0.05) is 23.8 Å². The highest BCUT2D eigenvalue weighted by atomic mass is 15.3. The molecule has 1 aliphatic carbocycles. The Morgan fingerprint density at radius 1 is 1.37 bits per heavy atom. The van der Waals surface area contributed by atoms with E-state index in [1.165, 1.54) is 18.4 Å². The van der Waals surface area contributed by atoms with Crippen LogP contribution in [-0.4, -0.2) is 15.8 Å². The van der Waals surface area contributed by atoms with Crippen LogP contribution < -0.4 is 5.32 Å². The first kappa shape index (κ1) is 12.4. The number of rotatable bonds is 5. The van der Waals surface area contributed by atoms with Crippen LogP contribution in [-0.2, 0) is 0 Å². The first-order valence-electron chi connectivity index (χ1n) is 7.14. The van der Waals surface area contributed by atoms with Crippen molar-refractivity contribution in [2.45, 2.75) is 38.8 Å². The molecule has 1 N–H and O–H groups in total. The van der Waals surface area contributed by atoms with E-state index < -0.39 is 0 Å². The maximum absolute atomic E-state index is 4.45. The molecule has 0 bridgehead atoms. The molecule has 1 aliphatic rings. The van der Waals surface area contributed by atoms with Crippen molar-refractivity contribution in [3.8, 4) is 5.69 Å². The van der Waals surface area contributed by atoms with Crippen LogP contribution in [0.15, 0.2) is 42.7 Å². The van der Waals surface area contributed by atoms with Crippen molar-refractivity contribution in [1.29, 1.82) is 0 Å². The second kappa shape index (κ2) is 5.17. The van der Waals surface area contributed by atoms with Gasteiger partial charge in [-0.1, -0.05) is 31.5 Å². The van der Waals surface area contributed by atoms with Crippen molar-refractivity contribution >= 4 is 0 Å². The molecule has 19 heavy (non-hydrogen) atoms. The Kier molecular flexibility index (Phi) is 3.38. The number of para-hydroxylation sites is 1. The molecular weight excluding hydrogens is 234 g/mol. The normalized spacial score (nSPS) is 23.3. The fraction of sp³-hybridized carbons (Fsp3) is 0.438. The smallest absolute Gasteiger partial charge is 0.0645 e. The standard InChI is InChI=1S/C16H21N3/c1-3-13-9-16(13)18-12(2)14-10-17-19(11-14)15-7-5-4-6-8-15/h4-8,10-13,16,18H,3,9H2,1-2H3. The van der Waals surface area contributed by atoms with E-state index in [4.69, 9.17) is 0 Å². The number of nitrogens with one attached hydrogen (secondary N) is 1. The van der Waals surface area contributed by atoms with E-state index in [0.29, 0.717) is 12.1 Å².